The van der Waals surface area contributed by atoms with E-state index in [0.717, 1.165) is 16.5 Å². The summed E-state index contributed by atoms with van der Waals surface area (Å²) < 4.78 is 4.54. The van der Waals surface area contributed by atoms with Gasteiger partial charge in [-0.2, -0.15) is 0 Å². The lowest BCUT2D eigenvalue weighted by Crippen LogP contribution is -2.13. The van der Waals surface area contributed by atoms with Crippen molar-refractivity contribution in [1.29, 1.82) is 0 Å². The summed E-state index contributed by atoms with van der Waals surface area (Å²) in [6, 6.07) is 16.9. The molecule has 2 aromatic carbocycles. The third-order valence-electron chi connectivity index (χ3n) is 3.61. The van der Waals surface area contributed by atoms with Gasteiger partial charge in [0.2, 0.25) is 0 Å². The summed E-state index contributed by atoms with van der Waals surface area (Å²) in [5.74, 6) is 0. The largest absolute Gasteiger partial charge is 0.453 e. The Morgan fingerprint density at radius 1 is 1.13 bits per heavy atom. The lowest BCUT2D eigenvalue weighted by atomic mass is 10.0. The van der Waals surface area contributed by atoms with E-state index >= 15 is 0 Å². The molecule has 0 unspecified atom stereocenters. The highest BCUT2D eigenvalue weighted by Crippen LogP contribution is 2.15. The first kappa shape index (κ1) is 14.8. The van der Waals surface area contributed by atoms with E-state index in [2.05, 4.69) is 15.0 Å². The van der Waals surface area contributed by atoms with Crippen molar-refractivity contribution in [2.45, 2.75) is 6.42 Å². The zero-order chi connectivity index (χ0) is 16.2. The van der Waals surface area contributed by atoms with E-state index in [1.807, 2.05) is 42.5 Å². The van der Waals surface area contributed by atoms with Crippen LogP contribution in [0.15, 0.2) is 59.4 Å². The highest BCUT2D eigenvalue weighted by atomic mass is 16.5. The van der Waals surface area contributed by atoms with Gasteiger partial charge >= 0.3 is 6.09 Å². The molecule has 1 heterocycles. The summed E-state index contributed by atoms with van der Waals surface area (Å²) in [5.41, 5.74) is 3.09. The average Bonchev–Trinajstić information content (AvgIpc) is 2.57. The van der Waals surface area contributed by atoms with E-state index in [-0.39, 0.29) is 5.56 Å². The van der Waals surface area contributed by atoms with Crippen LogP contribution in [0.3, 0.4) is 0 Å². The molecule has 0 aliphatic heterocycles. The normalized spacial score (nSPS) is 10.5. The number of hydrogen-bond acceptors (Lipinski definition) is 3. The number of carbonyl (C=O) groups is 1. The van der Waals surface area contributed by atoms with Crippen LogP contribution in [0.25, 0.3) is 10.9 Å². The van der Waals surface area contributed by atoms with Gasteiger partial charge in [0.15, 0.2) is 0 Å². The number of rotatable bonds is 3. The van der Waals surface area contributed by atoms with Crippen LogP contribution in [-0.4, -0.2) is 18.2 Å². The first-order chi connectivity index (χ1) is 11.2. The molecule has 116 valence electrons. The number of carbonyl (C=O) groups excluding carboxylic acids is 1. The quantitative estimate of drug-likeness (QED) is 0.780. The maximum Gasteiger partial charge on any atom is 0.411 e. The molecule has 0 radical (unpaired) electrons. The monoisotopic (exact) mass is 308 g/mol. The van der Waals surface area contributed by atoms with E-state index < -0.39 is 6.09 Å². The van der Waals surface area contributed by atoms with Crippen molar-refractivity contribution in [1.82, 2.24) is 4.98 Å². The van der Waals surface area contributed by atoms with Crippen molar-refractivity contribution < 1.29 is 9.53 Å². The Morgan fingerprint density at radius 3 is 2.61 bits per heavy atom. The van der Waals surface area contributed by atoms with Crippen molar-refractivity contribution >= 4 is 22.7 Å². The topological polar surface area (TPSA) is 71.2 Å². The van der Waals surface area contributed by atoms with Crippen molar-refractivity contribution in [3.8, 4) is 0 Å². The SMILES string of the molecule is COC(=O)Nc1ccc(Cc2cc3ccccc3[nH]c2=O)cc1. The standard InChI is InChI=1S/C18H16N2O3/c1-23-18(22)19-15-8-6-12(7-9-15)10-14-11-13-4-2-3-5-16(13)20-17(14)21/h2-9,11H,10H2,1H3,(H,19,22)(H,20,21). The number of aromatic amines is 1. The maximum absolute atomic E-state index is 12.2. The Morgan fingerprint density at radius 2 is 1.87 bits per heavy atom. The van der Waals surface area contributed by atoms with Crippen LogP contribution in [0, 0.1) is 0 Å². The number of fused-ring (bicyclic) bond motifs is 1. The number of hydrogen-bond donors (Lipinski definition) is 2. The van der Waals surface area contributed by atoms with E-state index in [1.54, 1.807) is 12.1 Å². The Balaban J connectivity index is 1.83. The third-order valence-corrected chi connectivity index (χ3v) is 3.61. The van der Waals surface area contributed by atoms with Crippen molar-refractivity contribution in [3.63, 3.8) is 0 Å². The molecular weight excluding hydrogens is 292 g/mol. The van der Waals surface area contributed by atoms with Gasteiger partial charge in [0.1, 0.15) is 0 Å². The molecule has 5 nitrogen and oxygen atoms in total. The molecule has 0 spiro atoms. The lowest BCUT2D eigenvalue weighted by molar-refractivity contribution is 0.187. The minimum atomic E-state index is -0.510. The smallest absolute Gasteiger partial charge is 0.411 e. The van der Waals surface area contributed by atoms with Crippen LogP contribution < -0.4 is 10.9 Å². The summed E-state index contributed by atoms with van der Waals surface area (Å²) in [6.07, 6.45) is 0.0160. The number of methoxy groups -OCH3 is 1. The zero-order valence-electron chi connectivity index (χ0n) is 12.6. The second kappa shape index (κ2) is 6.36. The summed E-state index contributed by atoms with van der Waals surface area (Å²) in [5, 5.41) is 3.59. The number of aromatic nitrogens is 1. The molecule has 0 saturated carbocycles. The van der Waals surface area contributed by atoms with Gasteiger partial charge < -0.3 is 9.72 Å². The highest BCUT2D eigenvalue weighted by molar-refractivity contribution is 5.84. The van der Waals surface area contributed by atoms with E-state index in [4.69, 9.17) is 0 Å². The summed E-state index contributed by atoms with van der Waals surface area (Å²) >= 11 is 0. The molecule has 3 rings (SSSR count). The Bertz CT molecular complexity index is 898. The molecule has 1 amide bonds. The number of benzene rings is 2. The minimum absolute atomic E-state index is 0.0829. The van der Waals surface area contributed by atoms with Crippen LogP contribution in [0.5, 0.6) is 0 Å². The molecule has 23 heavy (non-hydrogen) atoms. The van der Waals surface area contributed by atoms with Crippen LogP contribution in [0.4, 0.5) is 10.5 Å². The fraction of sp³-hybridized carbons (Fsp3) is 0.111. The molecule has 1 aromatic heterocycles. The predicted molar refractivity (Wildman–Crippen MR) is 89.8 cm³/mol. The molecule has 0 saturated heterocycles. The summed E-state index contributed by atoms with van der Waals surface area (Å²) in [7, 11) is 1.32. The van der Waals surface area contributed by atoms with E-state index in [1.165, 1.54) is 7.11 Å². The van der Waals surface area contributed by atoms with Gasteiger partial charge in [0.25, 0.3) is 5.56 Å². The lowest BCUT2D eigenvalue weighted by Gasteiger charge is -2.06. The van der Waals surface area contributed by atoms with Gasteiger partial charge in [-0.25, -0.2) is 4.79 Å². The molecule has 2 N–H and O–H groups in total. The van der Waals surface area contributed by atoms with E-state index in [9.17, 15) is 9.59 Å². The van der Waals surface area contributed by atoms with Gasteiger partial charge in [0, 0.05) is 23.2 Å². The Kier molecular flexibility index (Phi) is 4.10. The minimum Gasteiger partial charge on any atom is -0.453 e. The molecule has 0 atom stereocenters. The van der Waals surface area contributed by atoms with Crippen LogP contribution >= 0.6 is 0 Å². The number of anilines is 1. The fourth-order valence-corrected chi connectivity index (χ4v) is 2.42. The fourth-order valence-electron chi connectivity index (χ4n) is 2.42. The van der Waals surface area contributed by atoms with E-state index in [0.29, 0.717) is 17.7 Å². The first-order valence-electron chi connectivity index (χ1n) is 7.20. The number of nitrogens with one attached hydrogen (secondary N) is 2. The van der Waals surface area contributed by atoms with Gasteiger partial charge in [-0.3, -0.25) is 10.1 Å². The Hall–Kier alpha value is -3.08. The number of para-hydroxylation sites is 1. The molecule has 0 bridgehead atoms. The predicted octanol–water partition coefficient (Wildman–Crippen LogP) is 3.30. The molecule has 5 heteroatoms. The molecule has 0 fully saturated rings. The molecule has 3 aromatic rings. The van der Waals surface area contributed by atoms with Gasteiger partial charge in [-0.15, -0.1) is 0 Å². The summed E-state index contributed by atoms with van der Waals surface area (Å²) in [4.78, 5) is 26.2. The second-order valence-electron chi connectivity index (χ2n) is 5.20. The third kappa shape index (κ3) is 3.40. The highest BCUT2D eigenvalue weighted by Gasteiger charge is 2.05. The zero-order valence-corrected chi connectivity index (χ0v) is 12.6. The second-order valence-corrected chi connectivity index (χ2v) is 5.20. The van der Waals surface area contributed by atoms with Crippen LogP contribution in [0.1, 0.15) is 11.1 Å². The number of H-pyrrole nitrogens is 1. The van der Waals surface area contributed by atoms with Crippen molar-refractivity contribution in [2.24, 2.45) is 0 Å². The van der Waals surface area contributed by atoms with Crippen LogP contribution in [-0.2, 0) is 11.2 Å². The molecular formula is C18H16N2O3. The number of pyridine rings is 1. The maximum atomic E-state index is 12.2. The molecule has 0 aliphatic rings. The van der Waals surface area contributed by atoms with Gasteiger partial charge in [0.05, 0.1) is 7.11 Å². The van der Waals surface area contributed by atoms with Gasteiger partial charge in [-0.1, -0.05) is 30.3 Å². The average molecular weight is 308 g/mol. The molecule has 0 aliphatic carbocycles. The number of ether oxygens (including phenoxy) is 1. The Labute approximate surface area is 132 Å². The van der Waals surface area contributed by atoms with Gasteiger partial charge in [-0.05, 0) is 35.2 Å². The van der Waals surface area contributed by atoms with Crippen molar-refractivity contribution in [2.75, 3.05) is 12.4 Å². The summed E-state index contributed by atoms with van der Waals surface area (Å²) in [6.45, 7) is 0. The first-order valence-corrected chi connectivity index (χ1v) is 7.20. The number of amides is 1. The van der Waals surface area contributed by atoms with Crippen molar-refractivity contribution in [3.05, 3.63) is 76.1 Å². The van der Waals surface area contributed by atoms with Crippen LogP contribution in [0.2, 0.25) is 0 Å².